The maximum atomic E-state index is 11.4. The average Bonchev–Trinajstić information content (AvgIpc) is 2.78. The first-order valence-corrected chi connectivity index (χ1v) is 11.1. The second-order valence-corrected chi connectivity index (χ2v) is 8.11. The summed E-state index contributed by atoms with van der Waals surface area (Å²) in [7, 11) is 1.79. The van der Waals surface area contributed by atoms with Crippen molar-refractivity contribution < 1.29 is 14.3 Å². The largest absolute Gasteiger partial charge is 0.486 e. The molecule has 0 saturated heterocycles. The predicted molar refractivity (Wildman–Crippen MR) is 132 cm³/mol. The summed E-state index contributed by atoms with van der Waals surface area (Å²) in [6, 6.07) is 9.56. The first-order chi connectivity index (χ1) is 15.8. The number of hydrogen-bond donors (Lipinski definition) is 0. The zero-order chi connectivity index (χ0) is 24.1. The summed E-state index contributed by atoms with van der Waals surface area (Å²) in [6.07, 6.45) is 3.08. The van der Waals surface area contributed by atoms with E-state index in [1.807, 2.05) is 51.1 Å². The molecule has 0 saturated carbocycles. The van der Waals surface area contributed by atoms with Gasteiger partial charge in [-0.15, -0.1) is 0 Å². The number of para-hydroxylation sites is 1. The van der Waals surface area contributed by atoms with E-state index in [4.69, 9.17) is 26.1 Å². The van der Waals surface area contributed by atoms with Gasteiger partial charge >= 0.3 is 5.97 Å². The first kappa shape index (κ1) is 24.4. The van der Waals surface area contributed by atoms with Gasteiger partial charge in [0.15, 0.2) is 0 Å². The van der Waals surface area contributed by atoms with Gasteiger partial charge in [-0.2, -0.15) is 0 Å². The number of aliphatic imine (C=N–C) groups is 1. The highest BCUT2D eigenvalue weighted by atomic mass is 35.5. The Kier molecular flexibility index (Phi) is 7.82. The highest BCUT2D eigenvalue weighted by Gasteiger charge is 2.19. The van der Waals surface area contributed by atoms with E-state index in [9.17, 15) is 4.79 Å². The molecule has 3 rings (SSSR count). The van der Waals surface area contributed by atoms with Crippen LogP contribution in [0.15, 0.2) is 53.2 Å². The zero-order valence-corrected chi connectivity index (χ0v) is 20.5. The number of hydrogen-bond acceptors (Lipinski definition) is 6. The molecule has 0 fully saturated rings. The normalized spacial score (nSPS) is 13.2. The topological polar surface area (TPSA) is 73.7 Å². The summed E-state index contributed by atoms with van der Waals surface area (Å²) in [5, 5.41) is 1.44. The molecule has 1 atom stereocenters. The minimum atomic E-state index is -0.550. The lowest BCUT2D eigenvalue weighted by molar-refractivity contribution is -0.146. The number of fused-ring (bicyclic) bond motifs is 1. The van der Waals surface area contributed by atoms with Gasteiger partial charge in [-0.3, -0.25) is 14.8 Å². The van der Waals surface area contributed by atoms with E-state index < -0.39 is 6.10 Å². The van der Waals surface area contributed by atoms with Crippen molar-refractivity contribution >= 4 is 34.2 Å². The Balaban J connectivity index is 2.04. The molecule has 0 N–H and O–H groups in total. The summed E-state index contributed by atoms with van der Waals surface area (Å²) in [5.74, 6) is 0.235. The second-order valence-electron chi connectivity index (χ2n) is 7.70. The monoisotopic (exact) mass is 465 g/mol. The molecule has 0 spiro atoms. The lowest BCUT2D eigenvalue weighted by Gasteiger charge is -2.18. The Bertz CT molecular complexity index is 1250. The summed E-state index contributed by atoms with van der Waals surface area (Å²) in [6.45, 7) is 9.27. The highest BCUT2D eigenvalue weighted by Crippen LogP contribution is 2.31. The molecular weight excluding hydrogens is 438 g/mol. The molecule has 1 aromatic carbocycles. The molecule has 0 amide bonds. The number of aryl methyl sites for hydroxylation is 1. The van der Waals surface area contributed by atoms with Crippen LogP contribution in [0, 0.1) is 6.92 Å². The standard InChI is InChI=1S/C26H28ClN3O3/c1-7-15(2)24(28-6)20-13-16(3)30-26-19(20)9-8-10-23(26)32-14-21-22(27)11-12-29-25(21)17(4)33-18(5)31/h7-13,17H,14H2,1-6H3/b15-7-,28-24?. The van der Waals surface area contributed by atoms with Crippen LogP contribution < -0.4 is 4.74 Å². The molecule has 0 aliphatic rings. The molecule has 3 aromatic rings. The van der Waals surface area contributed by atoms with Crippen molar-refractivity contribution in [2.75, 3.05) is 7.05 Å². The van der Waals surface area contributed by atoms with Crippen LogP contribution in [0.4, 0.5) is 0 Å². The van der Waals surface area contributed by atoms with Gasteiger partial charge in [-0.1, -0.05) is 29.8 Å². The van der Waals surface area contributed by atoms with Crippen LogP contribution >= 0.6 is 11.6 Å². The lowest BCUT2D eigenvalue weighted by atomic mass is 9.98. The van der Waals surface area contributed by atoms with Crippen molar-refractivity contribution in [3.05, 3.63) is 75.7 Å². The molecule has 33 heavy (non-hydrogen) atoms. The summed E-state index contributed by atoms with van der Waals surface area (Å²) >= 11 is 6.46. The minimum absolute atomic E-state index is 0.153. The second kappa shape index (κ2) is 10.6. The van der Waals surface area contributed by atoms with E-state index in [1.165, 1.54) is 6.92 Å². The number of carbonyl (C=O) groups is 1. The van der Waals surface area contributed by atoms with Crippen LogP contribution in [0.25, 0.3) is 10.9 Å². The molecule has 6 nitrogen and oxygen atoms in total. The Hall–Kier alpha value is -3.25. The van der Waals surface area contributed by atoms with Crippen molar-refractivity contribution in [1.29, 1.82) is 0 Å². The summed E-state index contributed by atoms with van der Waals surface area (Å²) < 4.78 is 11.5. The molecule has 7 heteroatoms. The Morgan fingerprint density at radius 1 is 1.27 bits per heavy atom. The number of rotatable bonds is 7. The van der Waals surface area contributed by atoms with Crippen LogP contribution in [0.3, 0.4) is 0 Å². The minimum Gasteiger partial charge on any atom is -0.486 e. The Morgan fingerprint density at radius 2 is 2.03 bits per heavy atom. The van der Waals surface area contributed by atoms with E-state index in [1.54, 1.807) is 26.2 Å². The number of carbonyl (C=O) groups excluding carboxylic acids is 1. The fourth-order valence-corrected chi connectivity index (χ4v) is 3.95. The molecule has 1 unspecified atom stereocenters. The Morgan fingerprint density at radius 3 is 2.70 bits per heavy atom. The van der Waals surface area contributed by atoms with Crippen molar-refractivity contribution in [2.24, 2.45) is 4.99 Å². The molecule has 2 aromatic heterocycles. The molecule has 172 valence electrons. The van der Waals surface area contributed by atoms with Gasteiger partial charge < -0.3 is 9.47 Å². The highest BCUT2D eigenvalue weighted by molar-refractivity contribution is 6.31. The number of ether oxygens (including phenoxy) is 2. The number of allylic oxidation sites excluding steroid dienone is 2. The van der Waals surface area contributed by atoms with Crippen molar-refractivity contribution in [3.8, 4) is 5.75 Å². The van der Waals surface area contributed by atoms with Crippen LogP contribution in [-0.2, 0) is 16.1 Å². The van der Waals surface area contributed by atoms with Gasteiger partial charge in [-0.05, 0) is 51.5 Å². The van der Waals surface area contributed by atoms with E-state index in [2.05, 4.69) is 9.98 Å². The molecule has 0 aliphatic heterocycles. The number of pyridine rings is 2. The fourth-order valence-electron chi connectivity index (χ4n) is 3.74. The van der Waals surface area contributed by atoms with Crippen molar-refractivity contribution in [2.45, 2.75) is 47.3 Å². The van der Waals surface area contributed by atoms with Crippen LogP contribution in [0.2, 0.25) is 5.02 Å². The summed E-state index contributed by atoms with van der Waals surface area (Å²) in [4.78, 5) is 25.1. The molecule has 0 radical (unpaired) electrons. The van der Waals surface area contributed by atoms with Gasteiger partial charge in [0.2, 0.25) is 0 Å². The third-order valence-corrected chi connectivity index (χ3v) is 5.70. The third-order valence-electron chi connectivity index (χ3n) is 5.35. The molecule has 0 bridgehead atoms. The van der Waals surface area contributed by atoms with Crippen LogP contribution in [-0.4, -0.2) is 28.7 Å². The SMILES string of the molecule is C/C=C(/C)C(=NC)c1cc(C)nc2c(OCc3c(Cl)ccnc3C(C)OC(C)=O)cccc12. The number of nitrogens with zero attached hydrogens (tertiary/aromatic N) is 3. The van der Waals surface area contributed by atoms with Crippen molar-refractivity contribution in [3.63, 3.8) is 0 Å². The van der Waals surface area contributed by atoms with Crippen molar-refractivity contribution in [1.82, 2.24) is 9.97 Å². The van der Waals surface area contributed by atoms with E-state index in [0.29, 0.717) is 22.0 Å². The number of benzene rings is 1. The smallest absolute Gasteiger partial charge is 0.303 e. The predicted octanol–water partition coefficient (Wildman–Crippen LogP) is 6.18. The van der Waals surface area contributed by atoms with E-state index >= 15 is 0 Å². The van der Waals surface area contributed by atoms with Gasteiger partial charge in [0.05, 0.1) is 16.4 Å². The summed E-state index contributed by atoms with van der Waals surface area (Å²) in [5.41, 5.74) is 5.84. The maximum Gasteiger partial charge on any atom is 0.303 e. The van der Waals surface area contributed by atoms with Gasteiger partial charge in [0.1, 0.15) is 24.0 Å². The first-order valence-electron chi connectivity index (χ1n) is 10.7. The fraction of sp³-hybridized carbons (Fsp3) is 0.308. The third kappa shape index (κ3) is 5.40. The average molecular weight is 466 g/mol. The quantitative estimate of drug-likeness (QED) is 0.307. The van der Waals surface area contributed by atoms with E-state index in [0.717, 1.165) is 33.4 Å². The number of halogens is 1. The molecule has 0 aliphatic carbocycles. The zero-order valence-electron chi connectivity index (χ0n) is 19.8. The number of aromatic nitrogens is 2. The number of esters is 1. The van der Waals surface area contributed by atoms with Gasteiger partial charge in [0.25, 0.3) is 0 Å². The maximum absolute atomic E-state index is 11.4. The molecular formula is C26H28ClN3O3. The van der Waals surface area contributed by atoms with Gasteiger partial charge in [0, 0.05) is 42.4 Å². The van der Waals surface area contributed by atoms with Crippen LogP contribution in [0.5, 0.6) is 5.75 Å². The lowest BCUT2D eigenvalue weighted by Crippen LogP contribution is -2.11. The molecule has 2 heterocycles. The van der Waals surface area contributed by atoms with E-state index in [-0.39, 0.29) is 12.6 Å². The van der Waals surface area contributed by atoms with Gasteiger partial charge in [-0.25, -0.2) is 4.98 Å². The Labute approximate surface area is 199 Å². The van der Waals surface area contributed by atoms with Crippen LogP contribution in [0.1, 0.15) is 56.3 Å².